The van der Waals surface area contributed by atoms with Crippen LogP contribution in [0, 0.1) is 0 Å². The molecule has 5 nitrogen and oxygen atoms in total. The fraction of sp³-hybridized carbons (Fsp3) is 0.500. The first-order valence-corrected chi connectivity index (χ1v) is 6.39. The van der Waals surface area contributed by atoms with Crippen molar-refractivity contribution in [3.8, 4) is 5.75 Å². The maximum Gasteiger partial charge on any atom is 0.221 e. The normalized spacial score (nSPS) is 12.3. The van der Waals surface area contributed by atoms with Crippen LogP contribution in [0.2, 0.25) is 0 Å². The third-order valence-corrected chi connectivity index (χ3v) is 2.36. The number of nitrogens with one attached hydrogen (secondary N) is 2. The molecule has 1 aromatic rings. The molecule has 106 valence electrons. The van der Waals surface area contributed by atoms with Crippen LogP contribution in [0.3, 0.4) is 0 Å². The van der Waals surface area contributed by atoms with E-state index >= 15 is 0 Å². The summed E-state index contributed by atoms with van der Waals surface area (Å²) in [5, 5.41) is 15.5. The smallest absolute Gasteiger partial charge is 0.221 e. The minimum Gasteiger partial charge on any atom is -0.491 e. The molecule has 1 rings (SSSR count). The second-order valence-electron chi connectivity index (χ2n) is 4.74. The van der Waals surface area contributed by atoms with Crippen LogP contribution < -0.4 is 15.4 Å². The molecule has 3 N–H and O–H groups in total. The van der Waals surface area contributed by atoms with Crippen LogP contribution in [0.4, 0.5) is 5.69 Å². The third-order valence-electron chi connectivity index (χ3n) is 2.36. The Morgan fingerprint density at radius 1 is 1.42 bits per heavy atom. The Morgan fingerprint density at radius 2 is 2.16 bits per heavy atom. The minimum absolute atomic E-state index is 0.127. The number of carbonyl (C=O) groups is 1. The molecule has 0 heterocycles. The van der Waals surface area contributed by atoms with Crippen LogP contribution in [-0.2, 0) is 4.79 Å². The molecule has 0 aromatic heterocycles. The average molecular weight is 266 g/mol. The highest BCUT2D eigenvalue weighted by atomic mass is 16.5. The predicted molar refractivity (Wildman–Crippen MR) is 75.4 cm³/mol. The Balaban J connectivity index is 2.42. The van der Waals surface area contributed by atoms with Crippen LogP contribution in [-0.4, -0.2) is 36.3 Å². The molecule has 0 spiro atoms. The number of hydrogen-bond acceptors (Lipinski definition) is 4. The summed E-state index contributed by atoms with van der Waals surface area (Å²) in [6.45, 7) is 6.19. The maximum absolute atomic E-state index is 10.9. The number of anilines is 1. The Kier molecular flexibility index (Phi) is 6.32. The van der Waals surface area contributed by atoms with Gasteiger partial charge >= 0.3 is 0 Å². The maximum atomic E-state index is 10.9. The van der Waals surface area contributed by atoms with E-state index < -0.39 is 6.10 Å². The first kappa shape index (κ1) is 15.5. The lowest BCUT2D eigenvalue weighted by Crippen LogP contribution is -2.35. The zero-order chi connectivity index (χ0) is 14.3. The van der Waals surface area contributed by atoms with Gasteiger partial charge in [0.2, 0.25) is 5.91 Å². The summed E-state index contributed by atoms with van der Waals surface area (Å²) in [5.74, 6) is 0.494. The molecule has 1 aromatic carbocycles. The van der Waals surface area contributed by atoms with E-state index in [1.54, 1.807) is 24.3 Å². The Morgan fingerprint density at radius 3 is 2.79 bits per heavy atom. The number of rotatable bonds is 7. The first-order chi connectivity index (χ1) is 8.97. The van der Waals surface area contributed by atoms with Crippen molar-refractivity contribution in [1.82, 2.24) is 5.32 Å². The van der Waals surface area contributed by atoms with E-state index in [-0.39, 0.29) is 12.5 Å². The van der Waals surface area contributed by atoms with E-state index in [2.05, 4.69) is 10.6 Å². The van der Waals surface area contributed by atoms with Crippen molar-refractivity contribution in [2.24, 2.45) is 0 Å². The van der Waals surface area contributed by atoms with E-state index in [1.165, 1.54) is 6.92 Å². The highest BCUT2D eigenvalue weighted by Crippen LogP contribution is 2.17. The number of ether oxygens (including phenoxy) is 1. The molecular formula is C14H22N2O3. The lowest BCUT2D eigenvalue weighted by Gasteiger charge is -2.15. The van der Waals surface area contributed by atoms with Gasteiger partial charge in [-0.2, -0.15) is 0 Å². The zero-order valence-electron chi connectivity index (χ0n) is 11.6. The van der Waals surface area contributed by atoms with Gasteiger partial charge in [0.1, 0.15) is 18.5 Å². The number of aliphatic hydroxyl groups excluding tert-OH is 1. The summed E-state index contributed by atoms with van der Waals surface area (Å²) in [5.41, 5.74) is 0.680. The lowest BCUT2D eigenvalue weighted by molar-refractivity contribution is -0.114. The van der Waals surface area contributed by atoms with Crippen molar-refractivity contribution >= 4 is 11.6 Å². The van der Waals surface area contributed by atoms with Gasteiger partial charge in [-0.3, -0.25) is 4.79 Å². The summed E-state index contributed by atoms with van der Waals surface area (Å²) in [6.07, 6.45) is -0.563. The molecule has 5 heteroatoms. The van der Waals surface area contributed by atoms with Crippen molar-refractivity contribution in [2.75, 3.05) is 18.5 Å². The molecule has 0 unspecified atom stereocenters. The number of benzene rings is 1. The quantitative estimate of drug-likeness (QED) is 0.697. The molecule has 0 saturated carbocycles. The number of aliphatic hydroxyl groups is 1. The van der Waals surface area contributed by atoms with Crippen molar-refractivity contribution < 1.29 is 14.6 Å². The number of hydrogen-bond donors (Lipinski definition) is 3. The molecule has 0 aliphatic rings. The predicted octanol–water partition coefficient (Wildman–Crippen LogP) is 1.38. The molecule has 1 atom stereocenters. The average Bonchev–Trinajstić information content (AvgIpc) is 2.33. The second-order valence-corrected chi connectivity index (χ2v) is 4.74. The van der Waals surface area contributed by atoms with E-state index in [9.17, 15) is 9.90 Å². The molecule has 19 heavy (non-hydrogen) atoms. The minimum atomic E-state index is -0.563. The standard InChI is InChI=1S/C14H22N2O3/c1-10(2)15-8-13(18)9-19-14-6-4-5-12(7-14)16-11(3)17/h4-7,10,13,15,18H,8-9H2,1-3H3,(H,16,17)/t13-/m0/s1. The Bertz CT molecular complexity index is 407. The van der Waals surface area contributed by atoms with Gasteiger partial charge in [-0.15, -0.1) is 0 Å². The van der Waals surface area contributed by atoms with E-state index in [1.807, 2.05) is 13.8 Å². The Labute approximate surface area is 114 Å². The molecule has 0 aliphatic heterocycles. The van der Waals surface area contributed by atoms with Crippen molar-refractivity contribution in [1.29, 1.82) is 0 Å². The van der Waals surface area contributed by atoms with Gasteiger partial charge < -0.3 is 20.5 Å². The lowest BCUT2D eigenvalue weighted by atomic mass is 10.3. The fourth-order valence-corrected chi connectivity index (χ4v) is 1.49. The van der Waals surface area contributed by atoms with Crippen molar-refractivity contribution in [2.45, 2.75) is 32.9 Å². The SMILES string of the molecule is CC(=O)Nc1cccc(OC[C@@H](O)CNC(C)C)c1. The van der Waals surface area contributed by atoms with Gasteiger partial charge in [-0.25, -0.2) is 0 Å². The van der Waals surface area contributed by atoms with Crippen LogP contribution >= 0.6 is 0 Å². The molecule has 0 saturated heterocycles. The topological polar surface area (TPSA) is 70.6 Å². The van der Waals surface area contributed by atoms with Crippen LogP contribution in [0.1, 0.15) is 20.8 Å². The van der Waals surface area contributed by atoms with Gasteiger partial charge in [0, 0.05) is 31.3 Å². The number of carbonyl (C=O) groups excluding carboxylic acids is 1. The summed E-state index contributed by atoms with van der Waals surface area (Å²) in [4.78, 5) is 10.9. The Hall–Kier alpha value is -1.59. The third kappa shape index (κ3) is 6.79. The van der Waals surface area contributed by atoms with E-state index in [0.29, 0.717) is 24.0 Å². The van der Waals surface area contributed by atoms with Crippen LogP contribution in [0.25, 0.3) is 0 Å². The summed E-state index contributed by atoms with van der Waals surface area (Å²) >= 11 is 0. The summed E-state index contributed by atoms with van der Waals surface area (Å²) in [7, 11) is 0. The molecule has 0 radical (unpaired) electrons. The summed E-state index contributed by atoms with van der Waals surface area (Å²) < 4.78 is 5.48. The molecule has 1 amide bonds. The van der Waals surface area contributed by atoms with Crippen molar-refractivity contribution in [3.05, 3.63) is 24.3 Å². The fourth-order valence-electron chi connectivity index (χ4n) is 1.49. The molecule has 0 bridgehead atoms. The first-order valence-electron chi connectivity index (χ1n) is 6.39. The monoisotopic (exact) mass is 266 g/mol. The molecule has 0 fully saturated rings. The zero-order valence-corrected chi connectivity index (χ0v) is 11.6. The summed E-state index contributed by atoms with van der Waals surface area (Å²) in [6, 6.07) is 7.42. The van der Waals surface area contributed by atoms with Crippen LogP contribution in [0.15, 0.2) is 24.3 Å². The highest BCUT2D eigenvalue weighted by molar-refractivity contribution is 5.88. The van der Waals surface area contributed by atoms with Crippen LogP contribution in [0.5, 0.6) is 5.75 Å². The van der Waals surface area contributed by atoms with Gasteiger partial charge in [-0.05, 0) is 12.1 Å². The van der Waals surface area contributed by atoms with Crippen molar-refractivity contribution in [3.63, 3.8) is 0 Å². The largest absolute Gasteiger partial charge is 0.491 e. The number of amides is 1. The van der Waals surface area contributed by atoms with E-state index in [4.69, 9.17) is 4.74 Å². The van der Waals surface area contributed by atoms with Gasteiger partial charge in [0.15, 0.2) is 0 Å². The highest BCUT2D eigenvalue weighted by Gasteiger charge is 2.06. The molecular weight excluding hydrogens is 244 g/mol. The molecule has 0 aliphatic carbocycles. The van der Waals surface area contributed by atoms with Gasteiger partial charge in [0.05, 0.1) is 0 Å². The van der Waals surface area contributed by atoms with Gasteiger partial charge in [0.25, 0.3) is 0 Å². The second kappa shape index (κ2) is 7.76. The van der Waals surface area contributed by atoms with E-state index in [0.717, 1.165) is 0 Å². The van der Waals surface area contributed by atoms with Gasteiger partial charge in [-0.1, -0.05) is 19.9 Å².